The molecule has 21 heavy (non-hydrogen) atoms. The molecule has 2 atom stereocenters. The number of nitrogens with zero attached hydrogens (tertiary/aromatic N) is 1. The molecule has 3 rings (SSSR count). The van der Waals surface area contributed by atoms with E-state index in [0.29, 0.717) is 13.1 Å². The Morgan fingerprint density at radius 2 is 2.05 bits per heavy atom. The van der Waals surface area contributed by atoms with Gasteiger partial charge in [0.2, 0.25) is 5.91 Å². The molecule has 2 N–H and O–H groups in total. The van der Waals surface area contributed by atoms with Crippen LogP contribution in [-0.4, -0.2) is 43.5 Å². The summed E-state index contributed by atoms with van der Waals surface area (Å²) in [5.74, 6) is 1.65. The van der Waals surface area contributed by atoms with Crippen molar-refractivity contribution in [2.24, 2.45) is 11.8 Å². The van der Waals surface area contributed by atoms with E-state index in [0.717, 1.165) is 48.6 Å². The number of hydrogen-bond donors (Lipinski definition) is 2. The van der Waals surface area contributed by atoms with Gasteiger partial charge in [0.15, 0.2) is 0 Å². The SMILES string of the molecule is O=C(CN1CCC2CNCC2C1)NCc1ccc(Cl)cc1. The average molecular weight is 308 g/mol. The van der Waals surface area contributed by atoms with Gasteiger partial charge in [-0.1, -0.05) is 23.7 Å². The van der Waals surface area contributed by atoms with E-state index in [1.165, 1.54) is 6.42 Å². The second-order valence-corrected chi connectivity index (χ2v) is 6.54. The molecule has 1 aromatic rings. The Morgan fingerprint density at radius 3 is 2.86 bits per heavy atom. The smallest absolute Gasteiger partial charge is 0.234 e. The Kier molecular flexibility index (Phi) is 4.78. The zero-order chi connectivity index (χ0) is 14.7. The highest BCUT2D eigenvalue weighted by molar-refractivity contribution is 6.30. The van der Waals surface area contributed by atoms with Crippen LogP contribution in [0, 0.1) is 11.8 Å². The number of piperidine rings is 1. The van der Waals surface area contributed by atoms with Crippen LogP contribution in [0.5, 0.6) is 0 Å². The van der Waals surface area contributed by atoms with Crippen LogP contribution in [0.25, 0.3) is 0 Å². The van der Waals surface area contributed by atoms with Crippen LogP contribution < -0.4 is 10.6 Å². The standard InChI is InChI=1S/C16H22ClN3O/c17-15-3-1-12(2-4-15)7-19-16(21)11-20-6-5-13-8-18-9-14(13)10-20/h1-4,13-14,18H,5-11H2,(H,19,21). The molecular weight excluding hydrogens is 286 g/mol. The van der Waals surface area contributed by atoms with Gasteiger partial charge in [0.1, 0.15) is 0 Å². The van der Waals surface area contributed by atoms with Gasteiger partial charge in [0, 0.05) is 18.1 Å². The summed E-state index contributed by atoms with van der Waals surface area (Å²) in [6.45, 7) is 5.42. The number of carbonyl (C=O) groups excluding carboxylic acids is 1. The van der Waals surface area contributed by atoms with Crippen LogP contribution >= 0.6 is 11.6 Å². The number of fused-ring (bicyclic) bond motifs is 1. The number of halogens is 1. The molecule has 0 saturated carbocycles. The van der Waals surface area contributed by atoms with Gasteiger partial charge in [0.25, 0.3) is 0 Å². The third kappa shape index (κ3) is 3.96. The van der Waals surface area contributed by atoms with E-state index in [1.807, 2.05) is 24.3 Å². The van der Waals surface area contributed by atoms with E-state index in [1.54, 1.807) is 0 Å². The Hall–Kier alpha value is -1.10. The fourth-order valence-corrected chi connectivity index (χ4v) is 3.44. The molecule has 2 unspecified atom stereocenters. The Balaban J connectivity index is 1.43. The molecule has 0 bridgehead atoms. The first-order chi connectivity index (χ1) is 10.2. The molecule has 2 saturated heterocycles. The van der Waals surface area contributed by atoms with Gasteiger partial charge in [-0.2, -0.15) is 0 Å². The number of carbonyl (C=O) groups is 1. The Morgan fingerprint density at radius 1 is 1.29 bits per heavy atom. The highest BCUT2D eigenvalue weighted by atomic mass is 35.5. The summed E-state index contributed by atoms with van der Waals surface area (Å²) in [5, 5.41) is 7.16. The number of nitrogens with one attached hydrogen (secondary N) is 2. The first-order valence-corrected chi connectivity index (χ1v) is 8.03. The number of amides is 1. The van der Waals surface area contributed by atoms with Gasteiger partial charge in [0.05, 0.1) is 6.54 Å². The third-order valence-corrected chi connectivity index (χ3v) is 4.81. The summed E-state index contributed by atoms with van der Waals surface area (Å²) in [7, 11) is 0. The summed E-state index contributed by atoms with van der Waals surface area (Å²) < 4.78 is 0. The summed E-state index contributed by atoms with van der Waals surface area (Å²) >= 11 is 5.85. The normalized spacial score (nSPS) is 25.6. The van der Waals surface area contributed by atoms with E-state index in [4.69, 9.17) is 11.6 Å². The largest absolute Gasteiger partial charge is 0.351 e. The molecule has 114 valence electrons. The van der Waals surface area contributed by atoms with Gasteiger partial charge in [-0.25, -0.2) is 0 Å². The predicted molar refractivity (Wildman–Crippen MR) is 84.2 cm³/mol. The van der Waals surface area contributed by atoms with Crippen molar-refractivity contribution < 1.29 is 4.79 Å². The fraction of sp³-hybridized carbons (Fsp3) is 0.562. The fourth-order valence-electron chi connectivity index (χ4n) is 3.32. The van der Waals surface area contributed by atoms with Crippen molar-refractivity contribution in [2.45, 2.75) is 13.0 Å². The van der Waals surface area contributed by atoms with Crippen molar-refractivity contribution >= 4 is 17.5 Å². The molecular formula is C16H22ClN3O. The maximum atomic E-state index is 12.0. The summed E-state index contributed by atoms with van der Waals surface area (Å²) in [5.41, 5.74) is 1.08. The van der Waals surface area contributed by atoms with Crippen LogP contribution in [0.3, 0.4) is 0 Å². The topological polar surface area (TPSA) is 44.4 Å². The zero-order valence-electron chi connectivity index (χ0n) is 12.1. The van der Waals surface area contributed by atoms with E-state index < -0.39 is 0 Å². The number of likely N-dealkylation sites (tertiary alicyclic amines) is 1. The number of benzene rings is 1. The lowest BCUT2D eigenvalue weighted by molar-refractivity contribution is -0.122. The third-order valence-electron chi connectivity index (χ3n) is 4.56. The highest BCUT2D eigenvalue weighted by Crippen LogP contribution is 2.26. The molecule has 5 heteroatoms. The zero-order valence-corrected chi connectivity index (χ0v) is 12.9. The van der Waals surface area contributed by atoms with Crippen LogP contribution in [0.4, 0.5) is 0 Å². The van der Waals surface area contributed by atoms with Crippen molar-refractivity contribution in [2.75, 3.05) is 32.7 Å². The van der Waals surface area contributed by atoms with Crippen molar-refractivity contribution in [1.82, 2.24) is 15.5 Å². The average Bonchev–Trinajstić information content (AvgIpc) is 2.94. The van der Waals surface area contributed by atoms with Crippen LogP contribution in [0.2, 0.25) is 5.02 Å². The highest BCUT2D eigenvalue weighted by Gasteiger charge is 2.33. The van der Waals surface area contributed by atoms with E-state index in [-0.39, 0.29) is 5.91 Å². The van der Waals surface area contributed by atoms with E-state index in [9.17, 15) is 4.79 Å². The Labute approximate surface area is 130 Å². The number of hydrogen-bond acceptors (Lipinski definition) is 3. The second kappa shape index (κ2) is 6.77. The van der Waals surface area contributed by atoms with Crippen molar-refractivity contribution in [3.8, 4) is 0 Å². The van der Waals surface area contributed by atoms with Crippen molar-refractivity contribution in [3.05, 3.63) is 34.9 Å². The minimum Gasteiger partial charge on any atom is -0.351 e. The molecule has 0 spiro atoms. The molecule has 2 heterocycles. The van der Waals surface area contributed by atoms with E-state index in [2.05, 4.69) is 15.5 Å². The minimum atomic E-state index is 0.106. The first kappa shape index (κ1) is 14.8. The van der Waals surface area contributed by atoms with Gasteiger partial charge >= 0.3 is 0 Å². The summed E-state index contributed by atoms with van der Waals surface area (Å²) in [4.78, 5) is 14.3. The summed E-state index contributed by atoms with van der Waals surface area (Å²) in [6.07, 6.45) is 1.21. The van der Waals surface area contributed by atoms with Crippen LogP contribution in [0.1, 0.15) is 12.0 Å². The lowest BCUT2D eigenvalue weighted by atomic mass is 9.89. The summed E-state index contributed by atoms with van der Waals surface area (Å²) in [6, 6.07) is 7.58. The molecule has 2 aliphatic rings. The second-order valence-electron chi connectivity index (χ2n) is 6.11. The van der Waals surface area contributed by atoms with Crippen molar-refractivity contribution in [3.63, 3.8) is 0 Å². The maximum absolute atomic E-state index is 12.0. The molecule has 2 aliphatic heterocycles. The van der Waals surface area contributed by atoms with E-state index >= 15 is 0 Å². The maximum Gasteiger partial charge on any atom is 0.234 e. The van der Waals surface area contributed by atoms with Crippen LogP contribution in [-0.2, 0) is 11.3 Å². The van der Waals surface area contributed by atoms with Gasteiger partial charge < -0.3 is 10.6 Å². The first-order valence-electron chi connectivity index (χ1n) is 7.65. The lowest BCUT2D eigenvalue weighted by Gasteiger charge is -2.33. The minimum absolute atomic E-state index is 0.106. The Bertz CT molecular complexity index is 491. The molecule has 0 aliphatic carbocycles. The molecule has 4 nitrogen and oxygen atoms in total. The lowest BCUT2D eigenvalue weighted by Crippen LogP contribution is -2.45. The van der Waals surface area contributed by atoms with Gasteiger partial charge in [-0.3, -0.25) is 9.69 Å². The molecule has 0 radical (unpaired) electrons. The number of rotatable bonds is 4. The quantitative estimate of drug-likeness (QED) is 0.886. The predicted octanol–water partition coefficient (Wildman–Crippen LogP) is 1.50. The monoisotopic (exact) mass is 307 g/mol. The van der Waals surface area contributed by atoms with Crippen molar-refractivity contribution in [1.29, 1.82) is 0 Å². The molecule has 1 amide bonds. The molecule has 0 aromatic heterocycles. The molecule has 2 fully saturated rings. The molecule has 1 aromatic carbocycles. The van der Waals surface area contributed by atoms with Gasteiger partial charge in [-0.15, -0.1) is 0 Å². The van der Waals surface area contributed by atoms with Gasteiger partial charge in [-0.05, 0) is 55.6 Å². The van der Waals surface area contributed by atoms with Crippen LogP contribution in [0.15, 0.2) is 24.3 Å².